The lowest BCUT2D eigenvalue weighted by atomic mass is 9.86. The van der Waals surface area contributed by atoms with E-state index in [0.717, 1.165) is 37.0 Å². The molecule has 0 radical (unpaired) electrons. The Morgan fingerprint density at radius 3 is 2.60 bits per heavy atom. The lowest BCUT2D eigenvalue weighted by Gasteiger charge is -2.28. The Kier molecular flexibility index (Phi) is 5.01. The second-order valence-electron chi connectivity index (χ2n) is 5.55. The van der Waals surface area contributed by atoms with Crippen LogP contribution in [0, 0.1) is 12.8 Å². The van der Waals surface area contributed by atoms with Crippen LogP contribution in [0.25, 0.3) is 0 Å². The Balaban J connectivity index is 1.95. The molecule has 4 nitrogen and oxygen atoms in total. The quantitative estimate of drug-likeness (QED) is 0.887. The molecule has 0 bridgehead atoms. The first-order valence-corrected chi connectivity index (χ1v) is 7.20. The normalized spacial score (nSPS) is 22.4. The summed E-state index contributed by atoms with van der Waals surface area (Å²) in [6.07, 6.45) is 3.88. The fourth-order valence-electron chi connectivity index (χ4n) is 2.77. The van der Waals surface area contributed by atoms with Gasteiger partial charge in [-0.1, -0.05) is 0 Å². The van der Waals surface area contributed by atoms with Crippen LogP contribution in [0.3, 0.4) is 0 Å². The summed E-state index contributed by atoms with van der Waals surface area (Å²) in [6, 6.07) is 5.72. The highest BCUT2D eigenvalue weighted by Crippen LogP contribution is 2.24. The van der Waals surface area contributed by atoms with Crippen molar-refractivity contribution in [1.82, 2.24) is 5.32 Å². The highest BCUT2D eigenvalue weighted by atomic mass is 16.5. The molecule has 1 saturated carbocycles. The van der Waals surface area contributed by atoms with Crippen LogP contribution in [-0.2, 0) is 0 Å². The van der Waals surface area contributed by atoms with Gasteiger partial charge in [-0.25, -0.2) is 0 Å². The van der Waals surface area contributed by atoms with Crippen LogP contribution in [0.5, 0.6) is 5.75 Å². The number of ether oxygens (including phenoxy) is 1. The van der Waals surface area contributed by atoms with Crippen molar-refractivity contribution in [1.29, 1.82) is 0 Å². The second kappa shape index (κ2) is 6.75. The van der Waals surface area contributed by atoms with Crippen molar-refractivity contribution in [2.45, 2.75) is 38.6 Å². The van der Waals surface area contributed by atoms with E-state index in [1.165, 1.54) is 0 Å². The van der Waals surface area contributed by atoms with Crippen molar-refractivity contribution < 1.29 is 14.6 Å². The Bertz CT molecular complexity index is 465. The van der Waals surface area contributed by atoms with E-state index in [1.54, 1.807) is 7.11 Å². The lowest BCUT2D eigenvalue weighted by molar-refractivity contribution is 0.0913. The van der Waals surface area contributed by atoms with Gasteiger partial charge in [-0.3, -0.25) is 4.79 Å². The summed E-state index contributed by atoms with van der Waals surface area (Å²) in [5, 5.41) is 12.2. The average Bonchev–Trinajstić information content (AvgIpc) is 2.47. The maximum Gasteiger partial charge on any atom is 0.251 e. The maximum atomic E-state index is 12.3. The van der Waals surface area contributed by atoms with Gasteiger partial charge in [0.15, 0.2) is 0 Å². The Labute approximate surface area is 120 Å². The van der Waals surface area contributed by atoms with Crippen LogP contribution in [0.1, 0.15) is 41.6 Å². The van der Waals surface area contributed by atoms with Crippen LogP contribution in [0.2, 0.25) is 0 Å². The molecule has 0 atom stereocenters. The molecule has 20 heavy (non-hydrogen) atoms. The molecule has 0 heterocycles. The molecule has 0 saturated heterocycles. The fourth-order valence-corrected chi connectivity index (χ4v) is 2.77. The summed E-state index contributed by atoms with van der Waals surface area (Å²) >= 11 is 0. The van der Waals surface area contributed by atoms with Crippen molar-refractivity contribution in [3.05, 3.63) is 29.3 Å². The minimum absolute atomic E-state index is 0.0161. The lowest BCUT2D eigenvalue weighted by Crippen LogP contribution is -2.38. The number of amides is 1. The number of carbonyl (C=O) groups is 1. The van der Waals surface area contributed by atoms with E-state index in [1.807, 2.05) is 25.1 Å². The van der Waals surface area contributed by atoms with Gasteiger partial charge in [-0.15, -0.1) is 0 Å². The zero-order chi connectivity index (χ0) is 14.5. The fraction of sp³-hybridized carbons (Fsp3) is 0.562. The Morgan fingerprint density at radius 1 is 1.35 bits per heavy atom. The van der Waals surface area contributed by atoms with Gasteiger partial charge < -0.3 is 15.2 Å². The van der Waals surface area contributed by atoms with Gasteiger partial charge in [0.2, 0.25) is 0 Å². The number of carbonyl (C=O) groups excluding carboxylic acids is 1. The van der Waals surface area contributed by atoms with E-state index in [-0.39, 0.29) is 18.6 Å². The molecule has 2 N–H and O–H groups in total. The first-order chi connectivity index (χ1) is 9.63. The van der Waals surface area contributed by atoms with Gasteiger partial charge in [-0.2, -0.15) is 0 Å². The number of hydrogen-bond donors (Lipinski definition) is 2. The molecule has 1 amide bonds. The molecular weight excluding hydrogens is 254 g/mol. The zero-order valence-electron chi connectivity index (χ0n) is 12.2. The number of benzene rings is 1. The van der Waals surface area contributed by atoms with Gasteiger partial charge in [0.05, 0.1) is 7.11 Å². The van der Waals surface area contributed by atoms with E-state index >= 15 is 0 Å². The van der Waals surface area contributed by atoms with Crippen molar-refractivity contribution in [3.8, 4) is 5.75 Å². The summed E-state index contributed by atoms with van der Waals surface area (Å²) in [7, 11) is 1.62. The van der Waals surface area contributed by atoms with Gasteiger partial charge in [0, 0.05) is 18.2 Å². The summed E-state index contributed by atoms with van der Waals surface area (Å²) in [6.45, 7) is 2.18. The molecule has 2 rings (SSSR count). The van der Waals surface area contributed by atoms with E-state index in [0.29, 0.717) is 11.5 Å². The molecule has 1 fully saturated rings. The number of hydrogen-bond acceptors (Lipinski definition) is 3. The highest BCUT2D eigenvalue weighted by Gasteiger charge is 2.22. The summed E-state index contributed by atoms with van der Waals surface area (Å²) in [4.78, 5) is 12.3. The molecule has 1 aromatic carbocycles. The van der Waals surface area contributed by atoms with Crippen molar-refractivity contribution in [2.75, 3.05) is 13.7 Å². The topological polar surface area (TPSA) is 58.6 Å². The van der Waals surface area contributed by atoms with E-state index in [2.05, 4.69) is 5.32 Å². The predicted molar refractivity (Wildman–Crippen MR) is 78.0 cm³/mol. The third kappa shape index (κ3) is 3.51. The number of nitrogens with one attached hydrogen (secondary N) is 1. The summed E-state index contributed by atoms with van der Waals surface area (Å²) < 4.78 is 5.15. The smallest absolute Gasteiger partial charge is 0.251 e. The molecular formula is C16H23NO3. The molecule has 110 valence electrons. The first kappa shape index (κ1) is 14.9. The van der Waals surface area contributed by atoms with Crippen LogP contribution >= 0.6 is 0 Å². The number of aliphatic hydroxyl groups excluding tert-OH is 1. The second-order valence-corrected chi connectivity index (χ2v) is 5.55. The van der Waals surface area contributed by atoms with Crippen LogP contribution < -0.4 is 10.1 Å². The molecule has 0 aromatic heterocycles. The van der Waals surface area contributed by atoms with Crippen molar-refractivity contribution >= 4 is 5.91 Å². The van der Waals surface area contributed by atoms with Crippen LogP contribution in [-0.4, -0.2) is 30.8 Å². The molecule has 0 unspecified atom stereocenters. The van der Waals surface area contributed by atoms with E-state index < -0.39 is 0 Å². The predicted octanol–water partition coefficient (Wildman–Crippen LogP) is 2.28. The third-order valence-electron chi connectivity index (χ3n) is 4.12. The Hall–Kier alpha value is -1.55. The Morgan fingerprint density at radius 2 is 2.05 bits per heavy atom. The van der Waals surface area contributed by atoms with Gasteiger partial charge >= 0.3 is 0 Å². The number of methoxy groups -OCH3 is 1. The highest BCUT2D eigenvalue weighted by molar-refractivity contribution is 5.96. The van der Waals surface area contributed by atoms with E-state index in [9.17, 15) is 4.79 Å². The van der Waals surface area contributed by atoms with Gasteiger partial charge in [-0.05, 0) is 62.3 Å². The van der Waals surface area contributed by atoms with Crippen LogP contribution in [0.15, 0.2) is 18.2 Å². The third-order valence-corrected chi connectivity index (χ3v) is 4.12. The van der Waals surface area contributed by atoms with Gasteiger partial charge in [0.25, 0.3) is 5.91 Å². The molecule has 0 spiro atoms. The zero-order valence-corrected chi connectivity index (χ0v) is 12.2. The molecule has 1 aromatic rings. The minimum Gasteiger partial charge on any atom is -0.497 e. The SMILES string of the molecule is COc1ccc(C(=O)NC2CCC(CO)CC2)c(C)c1. The monoisotopic (exact) mass is 277 g/mol. The largest absolute Gasteiger partial charge is 0.497 e. The number of aryl methyl sites for hydroxylation is 1. The summed E-state index contributed by atoms with van der Waals surface area (Å²) in [5.41, 5.74) is 1.63. The van der Waals surface area contributed by atoms with Crippen molar-refractivity contribution in [2.24, 2.45) is 5.92 Å². The molecule has 1 aliphatic carbocycles. The standard InChI is InChI=1S/C16H23NO3/c1-11-9-14(20-2)7-8-15(11)16(19)17-13-5-3-12(10-18)4-6-13/h7-9,12-13,18H,3-6,10H2,1-2H3,(H,17,19). The molecule has 4 heteroatoms. The molecule has 0 aliphatic heterocycles. The summed E-state index contributed by atoms with van der Waals surface area (Å²) in [5.74, 6) is 1.16. The minimum atomic E-state index is -0.0161. The number of rotatable bonds is 4. The van der Waals surface area contributed by atoms with Crippen molar-refractivity contribution in [3.63, 3.8) is 0 Å². The van der Waals surface area contributed by atoms with E-state index in [4.69, 9.17) is 9.84 Å². The number of aliphatic hydroxyl groups is 1. The molecule has 1 aliphatic rings. The maximum absolute atomic E-state index is 12.3. The average molecular weight is 277 g/mol. The first-order valence-electron chi connectivity index (χ1n) is 7.20. The van der Waals surface area contributed by atoms with Crippen LogP contribution in [0.4, 0.5) is 0 Å². The van der Waals surface area contributed by atoms with Gasteiger partial charge in [0.1, 0.15) is 5.75 Å².